The second-order valence-electron chi connectivity index (χ2n) is 5.42. The smallest absolute Gasteiger partial charge is 0.232 e. The van der Waals surface area contributed by atoms with Gasteiger partial charge in [0.15, 0.2) is 0 Å². The minimum Gasteiger partial charge on any atom is -0.497 e. The summed E-state index contributed by atoms with van der Waals surface area (Å²) < 4.78 is 5.21. The highest BCUT2D eigenvalue weighted by atomic mass is 32.1. The van der Waals surface area contributed by atoms with Crippen molar-refractivity contribution in [3.63, 3.8) is 0 Å². The van der Waals surface area contributed by atoms with E-state index >= 15 is 0 Å². The monoisotopic (exact) mass is 337 g/mol. The highest BCUT2D eigenvalue weighted by Crippen LogP contribution is 2.23. The maximum atomic E-state index is 12.9. The maximum absolute atomic E-state index is 12.9. The van der Waals surface area contributed by atoms with Crippen LogP contribution in [-0.2, 0) is 17.8 Å². The van der Waals surface area contributed by atoms with Crippen LogP contribution in [0.2, 0.25) is 0 Å². The van der Waals surface area contributed by atoms with E-state index in [9.17, 15) is 4.79 Å². The van der Waals surface area contributed by atoms with E-state index in [1.807, 2.05) is 77.0 Å². The molecule has 1 heterocycles. The molecule has 0 saturated carbocycles. The molecule has 0 bridgehead atoms. The van der Waals surface area contributed by atoms with Crippen molar-refractivity contribution in [3.8, 4) is 5.75 Å². The second-order valence-corrected chi connectivity index (χ2v) is 6.45. The normalized spacial score (nSPS) is 10.4. The summed E-state index contributed by atoms with van der Waals surface area (Å²) in [4.78, 5) is 15.8. The Morgan fingerprint density at radius 1 is 1.00 bits per heavy atom. The summed E-state index contributed by atoms with van der Waals surface area (Å²) >= 11 is 1.61. The lowest BCUT2D eigenvalue weighted by Gasteiger charge is -2.23. The van der Waals surface area contributed by atoms with Crippen LogP contribution in [0.3, 0.4) is 0 Å². The van der Waals surface area contributed by atoms with E-state index in [4.69, 9.17) is 4.74 Å². The number of methoxy groups -OCH3 is 1. The molecular formula is C20H19NO2S. The number of hydrogen-bond donors (Lipinski definition) is 0. The van der Waals surface area contributed by atoms with Gasteiger partial charge in [0.2, 0.25) is 5.91 Å². The lowest BCUT2D eigenvalue weighted by molar-refractivity contribution is -0.118. The first-order valence-electron chi connectivity index (χ1n) is 7.77. The average molecular weight is 337 g/mol. The molecular weight excluding hydrogens is 318 g/mol. The molecule has 2 aromatic carbocycles. The van der Waals surface area contributed by atoms with Crippen molar-refractivity contribution in [1.82, 2.24) is 0 Å². The van der Waals surface area contributed by atoms with E-state index in [0.717, 1.165) is 21.9 Å². The van der Waals surface area contributed by atoms with Crippen molar-refractivity contribution in [3.05, 3.63) is 82.6 Å². The SMILES string of the molecule is COc1ccc(N(Cc2ccccc2)C(=O)Cc2cccs2)cc1. The van der Waals surface area contributed by atoms with E-state index in [-0.39, 0.29) is 5.91 Å². The summed E-state index contributed by atoms with van der Waals surface area (Å²) in [5.41, 5.74) is 1.98. The van der Waals surface area contributed by atoms with Crippen molar-refractivity contribution in [2.45, 2.75) is 13.0 Å². The minimum absolute atomic E-state index is 0.0893. The first-order chi connectivity index (χ1) is 11.8. The Hall–Kier alpha value is -2.59. The molecule has 0 aliphatic rings. The zero-order valence-electron chi connectivity index (χ0n) is 13.5. The summed E-state index contributed by atoms with van der Waals surface area (Å²) in [6, 6.07) is 21.6. The number of carbonyl (C=O) groups is 1. The fourth-order valence-corrected chi connectivity index (χ4v) is 3.21. The van der Waals surface area contributed by atoms with Crippen LogP contribution in [0, 0.1) is 0 Å². The zero-order chi connectivity index (χ0) is 16.8. The molecule has 3 nitrogen and oxygen atoms in total. The van der Waals surface area contributed by atoms with Gasteiger partial charge < -0.3 is 9.64 Å². The number of anilines is 1. The molecule has 0 unspecified atom stereocenters. The lowest BCUT2D eigenvalue weighted by atomic mass is 10.1. The van der Waals surface area contributed by atoms with Gasteiger partial charge in [-0.25, -0.2) is 0 Å². The molecule has 0 aliphatic heterocycles. The van der Waals surface area contributed by atoms with Gasteiger partial charge in [-0.1, -0.05) is 36.4 Å². The van der Waals surface area contributed by atoms with Crippen LogP contribution in [-0.4, -0.2) is 13.0 Å². The highest BCUT2D eigenvalue weighted by Gasteiger charge is 2.17. The van der Waals surface area contributed by atoms with E-state index in [1.165, 1.54) is 0 Å². The summed E-state index contributed by atoms with van der Waals surface area (Å²) in [5.74, 6) is 0.871. The van der Waals surface area contributed by atoms with Crippen LogP contribution in [0.25, 0.3) is 0 Å². The molecule has 1 aromatic heterocycles. The Morgan fingerprint density at radius 2 is 1.75 bits per heavy atom. The Balaban J connectivity index is 1.85. The third kappa shape index (κ3) is 4.03. The van der Waals surface area contributed by atoms with E-state index in [1.54, 1.807) is 18.4 Å². The molecule has 0 spiro atoms. The number of hydrogen-bond acceptors (Lipinski definition) is 3. The Kier molecular flexibility index (Phi) is 5.29. The van der Waals surface area contributed by atoms with Gasteiger partial charge in [-0.3, -0.25) is 4.79 Å². The van der Waals surface area contributed by atoms with Crippen LogP contribution >= 0.6 is 11.3 Å². The quantitative estimate of drug-likeness (QED) is 0.661. The second kappa shape index (κ2) is 7.79. The number of benzene rings is 2. The molecule has 3 rings (SSSR count). The average Bonchev–Trinajstić information content (AvgIpc) is 3.13. The number of ether oxygens (including phenoxy) is 1. The number of nitrogens with zero attached hydrogens (tertiary/aromatic N) is 1. The number of carbonyl (C=O) groups excluding carboxylic acids is 1. The van der Waals surface area contributed by atoms with Crippen molar-refractivity contribution in [1.29, 1.82) is 0 Å². The molecule has 0 radical (unpaired) electrons. The Labute approximate surface area is 146 Å². The molecule has 24 heavy (non-hydrogen) atoms. The predicted octanol–water partition coefficient (Wildman–Crippen LogP) is 4.53. The molecule has 4 heteroatoms. The van der Waals surface area contributed by atoms with Crippen molar-refractivity contribution in [2.75, 3.05) is 12.0 Å². The predicted molar refractivity (Wildman–Crippen MR) is 98.6 cm³/mol. The van der Waals surface area contributed by atoms with Gasteiger partial charge in [0.05, 0.1) is 20.1 Å². The van der Waals surface area contributed by atoms with Gasteiger partial charge in [0.25, 0.3) is 0 Å². The van der Waals surface area contributed by atoms with Crippen molar-refractivity contribution in [2.24, 2.45) is 0 Å². The van der Waals surface area contributed by atoms with Gasteiger partial charge >= 0.3 is 0 Å². The highest BCUT2D eigenvalue weighted by molar-refractivity contribution is 7.10. The Bertz CT molecular complexity index is 767. The molecule has 122 valence electrons. The molecule has 0 aliphatic carbocycles. The van der Waals surface area contributed by atoms with Crippen LogP contribution < -0.4 is 9.64 Å². The third-order valence-electron chi connectivity index (χ3n) is 3.77. The van der Waals surface area contributed by atoms with Gasteiger partial charge in [-0.15, -0.1) is 11.3 Å². The number of amides is 1. The van der Waals surface area contributed by atoms with Gasteiger partial charge in [0, 0.05) is 10.6 Å². The van der Waals surface area contributed by atoms with Gasteiger partial charge in [-0.2, -0.15) is 0 Å². The molecule has 0 fully saturated rings. The molecule has 0 atom stereocenters. The number of thiophene rings is 1. The first-order valence-corrected chi connectivity index (χ1v) is 8.65. The van der Waals surface area contributed by atoms with Gasteiger partial charge in [0.1, 0.15) is 5.75 Å². The summed E-state index contributed by atoms with van der Waals surface area (Å²) in [5, 5.41) is 2.00. The molecule has 3 aromatic rings. The molecule has 1 amide bonds. The summed E-state index contributed by atoms with van der Waals surface area (Å²) in [6.07, 6.45) is 0.413. The first kappa shape index (κ1) is 16.3. The lowest BCUT2D eigenvalue weighted by Crippen LogP contribution is -2.31. The van der Waals surface area contributed by atoms with E-state index in [0.29, 0.717) is 13.0 Å². The Morgan fingerprint density at radius 3 is 2.38 bits per heavy atom. The topological polar surface area (TPSA) is 29.5 Å². The summed E-state index contributed by atoms with van der Waals surface area (Å²) in [7, 11) is 1.64. The largest absolute Gasteiger partial charge is 0.497 e. The van der Waals surface area contributed by atoms with E-state index in [2.05, 4.69) is 0 Å². The van der Waals surface area contributed by atoms with Crippen molar-refractivity contribution >= 4 is 22.9 Å². The number of rotatable bonds is 6. The van der Waals surface area contributed by atoms with Crippen LogP contribution in [0.5, 0.6) is 5.75 Å². The fraction of sp³-hybridized carbons (Fsp3) is 0.150. The summed E-state index contributed by atoms with van der Waals surface area (Å²) in [6.45, 7) is 0.553. The van der Waals surface area contributed by atoms with Crippen LogP contribution in [0.4, 0.5) is 5.69 Å². The minimum atomic E-state index is 0.0893. The van der Waals surface area contributed by atoms with Crippen LogP contribution in [0.1, 0.15) is 10.4 Å². The fourth-order valence-electron chi connectivity index (χ4n) is 2.51. The van der Waals surface area contributed by atoms with Gasteiger partial charge in [-0.05, 0) is 41.3 Å². The molecule has 0 saturated heterocycles. The van der Waals surface area contributed by atoms with Crippen LogP contribution in [0.15, 0.2) is 72.1 Å². The maximum Gasteiger partial charge on any atom is 0.232 e. The third-order valence-corrected chi connectivity index (χ3v) is 4.65. The van der Waals surface area contributed by atoms with Crippen molar-refractivity contribution < 1.29 is 9.53 Å². The molecule has 0 N–H and O–H groups in total. The van der Waals surface area contributed by atoms with E-state index < -0.39 is 0 Å². The standard InChI is InChI=1S/C20H19NO2S/c1-23-18-11-9-17(10-12-18)21(15-16-6-3-2-4-7-16)20(22)14-19-8-5-13-24-19/h2-13H,14-15H2,1H3. The zero-order valence-corrected chi connectivity index (χ0v) is 14.3.